The second kappa shape index (κ2) is 5.62. The summed E-state index contributed by atoms with van der Waals surface area (Å²) in [5.41, 5.74) is 0.767. The van der Waals surface area contributed by atoms with Gasteiger partial charge in [0.25, 0.3) is 0 Å². The summed E-state index contributed by atoms with van der Waals surface area (Å²) in [6.07, 6.45) is 1.60. The first-order valence-corrected chi connectivity index (χ1v) is 6.46. The predicted molar refractivity (Wildman–Crippen MR) is 72.1 cm³/mol. The highest BCUT2D eigenvalue weighted by molar-refractivity contribution is 9.11. The molecule has 0 atom stereocenters. The molecule has 0 amide bonds. The molecule has 2 rings (SSSR count). The van der Waals surface area contributed by atoms with E-state index in [1.54, 1.807) is 18.3 Å². The fourth-order valence-electron chi connectivity index (χ4n) is 1.28. The Kier molecular flexibility index (Phi) is 4.15. The van der Waals surface area contributed by atoms with Crippen molar-refractivity contribution in [3.05, 3.63) is 51.0 Å². The van der Waals surface area contributed by atoms with Crippen molar-refractivity contribution in [3.8, 4) is 11.6 Å². The van der Waals surface area contributed by atoms with Crippen molar-refractivity contribution < 1.29 is 9.84 Å². The van der Waals surface area contributed by atoms with Gasteiger partial charge in [-0.25, -0.2) is 4.98 Å². The van der Waals surface area contributed by atoms with Crippen molar-refractivity contribution in [1.29, 1.82) is 0 Å². The van der Waals surface area contributed by atoms with E-state index in [1.807, 2.05) is 18.2 Å². The van der Waals surface area contributed by atoms with E-state index in [0.29, 0.717) is 11.6 Å². The number of rotatable bonds is 3. The van der Waals surface area contributed by atoms with Crippen molar-refractivity contribution in [1.82, 2.24) is 4.98 Å². The highest BCUT2D eigenvalue weighted by Gasteiger charge is 2.04. The number of hydrogen-bond donors (Lipinski definition) is 1. The molecule has 3 nitrogen and oxygen atoms in total. The molecule has 0 unspecified atom stereocenters. The Labute approximate surface area is 116 Å². The third-order valence-electron chi connectivity index (χ3n) is 2.09. The van der Waals surface area contributed by atoms with Crippen LogP contribution in [0, 0.1) is 0 Å². The van der Waals surface area contributed by atoms with Gasteiger partial charge in [-0.05, 0) is 45.8 Å². The van der Waals surface area contributed by atoms with Crippen molar-refractivity contribution in [2.45, 2.75) is 6.61 Å². The number of pyridine rings is 1. The van der Waals surface area contributed by atoms with Crippen LogP contribution in [0.1, 0.15) is 5.56 Å². The van der Waals surface area contributed by atoms with Gasteiger partial charge in [0.2, 0.25) is 5.88 Å². The van der Waals surface area contributed by atoms with Crippen LogP contribution in [-0.2, 0) is 6.61 Å². The Balaban J connectivity index is 2.25. The molecule has 0 fully saturated rings. The summed E-state index contributed by atoms with van der Waals surface area (Å²) in [5.74, 6) is 1.13. The van der Waals surface area contributed by atoms with Crippen molar-refractivity contribution in [3.63, 3.8) is 0 Å². The highest BCUT2D eigenvalue weighted by Crippen LogP contribution is 2.31. The van der Waals surface area contributed by atoms with E-state index in [0.717, 1.165) is 14.5 Å². The minimum atomic E-state index is -0.0274. The molecule has 5 heteroatoms. The summed E-state index contributed by atoms with van der Waals surface area (Å²) >= 11 is 6.78. The molecule has 88 valence electrons. The molecule has 1 aromatic heterocycles. The third-order valence-corrected chi connectivity index (χ3v) is 3.20. The summed E-state index contributed by atoms with van der Waals surface area (Å²) in [7, 11) is 0. The Bertz CT molecular complexity index is 532. The van der Waals surface area contributed by atoms with Gasteiger partial charge in [0.1, 0.15) is 5.75 Å². The Morgan fingerprint density at radius 2 is 2.00 bits per heavy atom. The van der Waals surface area contributed by atoms with Crippen LogP contribution < -0.4 is 4.74 Å². The topological polar surface area (TPSA) is 42.4 Å². The number of nitrogens with zero attached hydrogens (tertiary/aromatic N) is 1. The van der Waals surface area contributed by atoms with Gasteiger partial charge < -0.3 is 9.84 Å². The van der Waals surface area contributed by atoms with Crippen LogP contribution in [-0.4, -0.2) is 10.1 Å². The van der Waals surface area contributed by atoms with Crippen LogP contribution in [0.2, 0.25) is 0 Å². The average Bonchev–Trinajstić information content (AvgIpc) is 2.33. The van der Waals surface area contributed by atoms with E-state index in [1.165, 1.54) is 0 Å². The van der Waals surface area contributed by atoms with Crippen molar-refractivity contribution >= 4 is 31.9 Å². The van der Waals surface area contributed by atoms with Crippen LogP contribution in [0.25, 0.3) is 0 Å². The average molecular weight is 359 g/mol. The van der Waals surface area contributed by atoms with Crippen molar-refractivity contribution in [2.75, 3.05) is 0 Å². The normalized spacial score (nSPS) is 10.3. The van der Waals surface area contributed by atoms with Crippen LogP contribution in [0.5, 0.6) is 11.6 Å². The lowest BCUT2D eigenvalue weighted by molar-refractivity contribution is 0.281. The van der Waals surface area contributed by atoms with Gasteiger partial charge in [0.05, 0.1) is 11.1 Å². The molecule has 0 aliphatic rings. The van der Waals surface area contributed by atoms with E-state index in [9.17, 15) is 0 Å². The molecule has 1 N–H and O–H groups in total. The molecule has 1 aromatic carbocycles. The first-order chi connectivity index (χ1) is 8.19. The largest absolute Gasteiger partial charge is 0.438 e. The zero-order valence-electron chi connectivity index (χ0n) is 8.73. The lowest BCUT2D eigenvalue weighted by Crippen LogP contribution is -1.91. The Morgan fingerprint density at radius 3 is 2.71 bits per heavy atom. The molecule has 0 aliphatic carbocycles. The SMILES string of the molecule is OCc1ccnc(Oc2ccc(Br)cc2Br)c1. The number of ether oxygens (including phenoxy) is 1. The van der Waals surface area contributed by atoms with E-state index in [4.69, 9.17) is 9.84 Å². The Morgan fingerprint density at radius 1 is 1.18 bits per heavy atom. The monoisotopic (exact) mass is 357 g/mol. The molecule has 0 bridgehead atoms. The van der Waals surface area contributed by atoms with E-state index in [-0.39, 0.29) is 6.61 Å². The second-order valence-electron chi connectivity index (χ2n) is 3.34. The van der Waals surface area contributed by atoms with Gasteiger partial charge in [-0.15, -0.1) is 0 Å². The minimum absolute atomic E-state index is 0.0274. The number of halogens is 2. The van der Waals surface area contributed by atoms with E-state index in [2.05, 4.69) is 36.8 Å². The second-order valence-corrected chi connectivity index (χ2v) is 5.11. The number of hydrogen-bond acceptors (Lipinski definition) is 3. The molecule has 0 aliphatic heterocycles. The maximum atomic E-state index is 9.02. The minimum Gasteiger partial charge on any atom is -0.438 e. The zero-order valence-corrected chi connectivity index (χ0v) is 11.9. The van der Waals surface area contributed by atoms with Gasteiger partial charge >= 0.3 is 0 Å². The number of benzene rings is 1. The summed E-state index contributed by atoms with van der Waals surface area (Å²) in [5, 5.41) is 9.02. The molecule has 2 aromatic rings. The Hall–Kier alpha value is -0.910. The first-order valence-electron chi connectivity index (χ1n) is 4.88. The fraction of sp³-hybridized carbons (Fsp3) is 0.0833. The molecule has 1 heterocycles. The van der Waals surface area contributed by atoms with Crippen molar-refractivity contribution in [2.24, 2.45) is 0 Å². The number of aromatic nitrogens is 1. The lowest BCUT2D eigenvalue weighted by Gasteiger charge is -2.07. The van der Waals surface area contributed by atoms with Gasteiger partial charge in [-0.3, -0.25) is 0 Å². The maximum Gasteiger partial charge on any atom is 0.219 e. The van der Waals surface area contributed by atoms with Gasteiger partial charge in [0.15, 0.2) is 0 Å². The quantitative estimate of drug-likeness (QED) is 0.904. The van der Waals surface area contributed by atoms with Gasteiger partial charge in [-0.2, -0.15) is 0 Å². The maximum absolute atomic E-state index is 9.02. The van der Waals surface area contributed by atoms with Crippen LogP contribution in [0.15, 0.2) is 45.5 Å². The van der Waals surface area contributed by atoms with Crippen LogP contribution in [0.3, 0.4) is 0 Å². The molecular weight excluding hydrogens is 350 g/mol. The smallest absolute Gasteiger partial charge is 0.219 e. The standard InChI is InChI=1S/C12H9Br2NO2/c13-9-1-2-11(10(14)6-9)17-12-5-8(7-16)3-4-15-12/h1-6,16H,7H2. The first kappa shape index (κ1) is 12.5. The van der Waals surface area contributed by atoms with E-state index < -0.39 is 0 Å². The zero-order chi connectivity index (χ0) is 12.3. The lowest BCUT2D eigenvalue weighted by atomic mass is 10.3. The van der Waals surface area contributed by atoms with Crippen LogP contribution >= 0.6 is 31.9 Å². The van der Waals surface area contributed by atoms with Crippen LogP contribution in [0.4, 0.5) is 0 Å². The summed E-state index contributed by atoms with van der Waals surface area (Å²) in [6, 6.07) is 9.06. The summed E-state index contributed by atoms with van der Waals surface area (Å²) in [6.45, 7) is -0.0274. The molecule has 0 saturated heterocycles. The number of aliphatic hydroxyl groups excluding tert-OH is 1. The highest BCUT2D eigenvalue weighted by atomic mass is 79.9. The molecule has 17 heavy (non-hydrogen) atoms. The van der Waals surface area contributed by atoms with Gasteiger partial charge in [0, 0.05) is 16.7 Å². The molecule has 0 radical (unpaired) electrons. The summed E-state index contributed by atoms with van der Waals surface area (Å²) in [4.78, 5) is 4.08. The third kappa shape index (κ3) is 3.28. The number of aliphatic hydroxyl groups is 1. The summed E-state index contributed by atoms with van der Waals surface area (Å²) < 4.78 is 7.42. The predicted octanol–water partition coefficient (Wildman–Crippen LogP) is 3.89. The molecule has 0 spiro atoms. The van der Waals surface area contributed by atoms with E-state index >= 15 is 0 Å². The fourth-order valence-corrected chi connectivity index (χ4v) is 2.40. The molecular formula is C12H9Br2NO2. The van der Waals surface area contributed by atoms with Gasteiger partial charge in [-0.1, -0.05) is 15.9 Å². The molecule has 0 saturated carbocycles.